The topological polar surface area (TPSA) is 37.4 Å². The number of fused-ring (bicyclic) bond motifs is 5. The van der Waals surface area contributed by atoms with E-state index in [0.717, 1.165) is 10.9 Å². The fourth-order valence-corrected chi connectivity index (χ4v) is 4.40. The molecule has 1 aliphatic heterocycles. The lowest BCUT2D eigenvalue weighted by atomic mass is 9.71. The van der Waals surface area contributed by atoms with E-state index >= 15 is 0 Å². The summed E-state index contributed by atoms with van der Waals surface area (Å²) in [6.45, 7) is 1.96. The monoisotopic (exact) mass is 331 g/mol. The molecule has 3 nitrogen and oxygen atoms in total. The molecule has 4 atom stereocenters. The van der Waals surface area contributed by atoms with E-state index in [9.17, 15) is 9.59 Å². The van der Waals surface area contributed by atoms with Crippen molar-refractivity contribution in [1.29, 1.82) is 0 Å². The van der Waals surface area contributed by atoms with Crippen molar-refractivity contribution < 1.29 is 9.59 Å². The summed E-state index contributed by atoms with van der Waals surface area (Å²) in [6, 6.07) is 7.36. The van der Waals surface area contributed by atoms with Crippen molar-refractivity contribution >= 4 is 33.4 Å². The molecular formula is C16H14BrNO2. The van der Waals surface area contributed by atoms with Gasteiger partial charge in [0.2, 0.25) is 11.8 Å². The van der Waals surface area contributed by atoms with E-state index in [1.807, 2.05) is 31.2 Å². The van der Waals surface area contributed by atoms with Gasteiger partial charge in [0.15, 0.2) is 0 Å². The predicted octanol–water partition coefficient (Wildman–Crippen LogP) is 3.15. The average Bonchev–Trinajstić information content (AvgIpc) is 3.05. The molecule has 0 unspecified atom stereocenters. The second-order valence-electron chi connectivity index (χ2n) is 6.11. The minimum absolute atomic E-state index is 0.0309. The molecular weight excluding hydrogens is 318 g/mol. The van der Waals surface area contributed by atoms with Crippen LogP contribution in [-0.2, 0) is 9.59 Å². The third-order valence-corrected chi connectivity index (χ3v) is 5.73. The van der Waals surface area contributed by atoms with Gasteiger partial charge in [0.1, 0.15) is 0 Å². The van der Waals surface area contributed by atoms with Crippen LogP contribution in [0.25, 0.3) is 0 Å². The van der Waals surface area contributed by atoms with Crippen molar-refractivity contribution in [1.82, 2.24) is 0 Å². The van der Waals surface area contributed by atoms with Crippen LogP contribution in [0.2, 0.25) is 0 Å². The molecule has 4 heteroatoms. The number of nitrogens with zero attached hydrogens (tertiary/aromatic N) is 1. The van der Waals surface area contributed by atoms with Crippen molar-refractivity contribution in [3.05, 3.63) is 40.9 Å². The number of anilines is 1. The summed E-state index contributed by atoms with van der Waals surface area (Å²) in [4.78, 5) is 27.0. The van der Waals surface area contributed by atoms with E-state index in [2.05, 4.69) is 28.1 Å². The molecule has 1 saturated heterocycles. The Balaban J connectivity index is 1.80. The van der Waals surface area contributed by atoms with E-state index in [4.69, 9.17) is 0 Å². The summed E-state index contributed by atoms with van der Waals surface area (Å²) in [5, 5.41) is 0. The van der Waals surface area contributed by atoms with Gasteiger partial charge in [-0.05, 0) is 49.4 Å². The molecule has 102 valence electrons. The molecule has 2 bridgehead atoms. The number of halogens is 1. The Hall–Kier alpha value is -1.42. The lowest BCUT2D eigenvalue weighted by molar-refractivity contribution is -0.127. The molecule has 4 rings (SSSR count). The van der Waals surface area contributed by atoms with Gasteiger partial charge in [0.25, 0.3) is 0 Å². The number of rotatable bonds is 1. The third kappa shape index (κ3) is 1.30. The van der Waals surface area contributed by atoms with Gasteiger partial charge in [-0.25, -0.2) is 4.90 Å². The van der Waals surface area contributed by atoms with Crippen LogP contribution in [0.15, 0.2) is 40.9 Å². The number of benzene rings is 1. The fourth-order valence-electron chi connectivity index (χ4n) is 4.14. The molecule has 1 heterocycles. The molecule has 0 spiro atoms. The molecule has 1 aromatic rings. The Morgan fingerprint density at radius 3 is 2.55 bits per heavy atom. The van der Waals surface area contributed by atoms with Gasteiger partial charge in [-0.15, -0.1) is 0 Å². The van der Waals surface area contributed by atoms with Crippen molar-refractivity contribution in [3.63, 3.8) is 0 Å². The third-order valence-electron chi connectivity index (χ3n) is 5.20. The molecule has 0 N–H and O–H groups in total. The molecule has 2 aliphatic carbocycles. The first-order chi connectivity index (χ1) is 9.53. The number of hydrogen-bond donors (Lipinski definition) is 0. The number of carbonyl (C=O) groups excluding carboxylic acids is 2. The minimum Gasteiger partial charge on any atom is -0.274 e. The standard InChI is InChI=1S/C16H14BrNO2/c1-16-10-3-2-9(8-10)13(16)14(19)18(15(16)20)12-6-4-11(17)5-7-12/h2-7,9-10,13H,8H2,1H3/t9-,10-,13-,16+/m0/s1. The molecule has 1 saturated carbocycles. The van der Waals surface area contributed by atoms with Crippen LogP contribution in [0, 0.1) is 23.2 Å². The highest BCUT2D eigenvalue weighted by Crippen LogP contribution is 2.60. The van der Waals surface area contributed by atoms with Crippen molar-refractivity contribution in [2.75, 3.05) is 4.90 Å². The number of imide groups is 1. The van der Waals surface area contributed by atoms with Gasteiger partial charge >= 0.3 is 0 Å². The predicted molar refractivity (Wildman–Crippen MR) is 79.0 cm³/mol. The average molecular weight is 332 g/mol. The second-order valence-corrected chi connectivity index (χ2v) is 7.02. The summed E-state index contributed by atoms with van der Waals surface area (Å²) in [5.41, 5.74) is 0.141. The summed E-state index contributed by atoms with van der Waals surface area (Å²) in [6.07, 6.45) is 5.19. The normalized spacial score (nSPS) is 37.9. The lowest BCUT2D eigenvalue weighted by Crippen LogP contribution is -2.37. The summed E-state index contributed by atoms with van der Waals surface area (Å²) < 4.78 is 0.938. The smallest absolute Gasteiger partial charge is 0.241 e. The molecule has 20 heavy (non-hydrogen) atoms. The van der Waals surface area contributed by atoms with Crippen LogP contribution in [0.3, 0.4) is 0 Å². The Labute approximate surface area is 125 Å². The Morgan fingerprint density at radius 2 is 1.90 bits per heavy atom. The van der Waals surface area contributed by atoms with Gasteiger partial charge < -0.3 is 0 Å². The highest BCUT2D eigenvalue weighted by molar-refractivity contribution is 9.10. The maximum absolute atomic E-state index is 12.9. The summed E-state index contributed by atoms with van der Waals surface area (Å²) >= 11 is 3.37. The van der Waals surface area contributed by atoms with E-state index in [1.54, 1.807) is 0 Å². The first-order valence-electron chi connectivity index (χ1n) is 6.86. The SMILES string of the molecule is C[C@]12C(=O)N(c3ccc(Br)cc3)C(=O)[C@@H]1[C@H]1C=C[C@H]2C1. The van der Waals surface area contributed by atoms with Gasteiger partial charge in [0.05, 0.1) is 17.0 Å². The largest absolute Gasteiger partial charge is 0.274 e. The summed E-state index contributed by atoms with van der Waals surface area (Å²) in [5.74, 6) is 0.216. The van der Waals surface area contributed by atoms with Crippen LogP contribution in [0.5, 0.6) is 0 Å². The number of hydrogen-bond acceptors (Lipinski definition) is 2. The molecule has 0 aromatic heterocycles. The molecule has 3 aliphatic rings. The lowest BCUT2D eigenvalue weighted by Gasteiger charge is -2.28. The van der Waals surface area contributed by atoms with Crippen LogP contribution < -0.4 is 4.90 Å². The van der Waals surface area contributed by atoms with Crippen LogP contribution in [0.1, 0.15) is 13.3 Å². The van der Waals surface area contributed by atoms with Crippen molar-refractivity contribution in [2.45, 2.75) is 13.3 Å². The summed E-state index contributed by atoms with van der Waals surface area (Å²) in [7, 11) is 0. The zero-order chi connectivity index (χ0) is 14.1. The quantitative estimate of drug-likeness (QED) is 0.585. The molecule has 0 radical (unpaired) electrons. The molecule has 2 amide bonds. The van der Waals surface area contributed by atoms with Crippen molar-refractivity contribution in [3.8, 4) is 0 Å². The van der Waals surface area contributed by atoms with Gasteiger partial charge in [0, 0.05) is 4.47 Å². The van der Waals surface area contributed by atoms with Gasteiger partial charge in [-0.2, -0.15) is 0 Å². The Kier molecular flexibility index (Phi) is 2.35. The van der Waals surface area contributed by atoms with Crippen LogP contribution in [-0.4, -0.2) is 11.8 Å². The van der Waals surface area contributed by atoms with Crippen molar-refractivity contribution in [2.24, 2.45) is 23.2 Å². The number of amides is 2. The van der Waals surface area contributed by atoms with E-state index in [-0.39, 0.29) is 29.6 Å². The van der Waals surface area contributed by atoms with E-state index < -0.39 is 5.41 Å². The fraction of sp³-hybridized carbons (Fsp3) is 0.375. The van der Waals surface area contributed by atoms with Gasteiger partial charge in [-0.1, -0.05) is 28.1 Å². The zero-order valence-electron chi connectivity index (χ0n) is 11.0. The molecule has 2 fully saturated rings. The first-order valence-corrected chi connectivity index (χ1v) is 7.65. The van der Waals surface area contributed by atoms with E-state index in [1.165, 1.54) is 4.90 Å². The Morgan fingerprint density at radius 1 is 1.20 bits per heavy atom. The van der Waals surface area contributed by atoms with Crippen LogP contribution >= 0.6 is 15.9 Å². The number of allylic oxidation sites excluding steroid dienone is 2. The van der Waals surface area contributed by atoms with Gasteiger partial charge in [-0.3, -0.25) is 9.59 Å². The highest BCUT2D eigenvalue weighted by Gasteiger charge is 2.67. The second kappa shape index (κ2) is 3.82. The minimum atomic E-state index is -0.538. The first kappa shape index (κ1) is 12.3. The maximum atomic E-state index is 12.9. The Bertz CT molecular complexity index is 651. The number of carbonyl (C=O) groups is 2. The highest BCUT2D eigenvalue weighted by atomic mass is 79.9. The van der Waals surface area contributed by atoms with Crippen LogP contribution in [0.4, 0.5) is 5.69 Å². The maximum Gasteiger partial charge on any atom is 0.241 e. The zero-order valence-corrected chi connectivity index (χ0v) is 12.6. The van der Waals surface area contributed by atoms with E-state index in [0.29, 0.717) is 5.69 Å². The molecule has 1 aromatic carbocycles.